The molecular weight excluding hydrogens is 354 g/mol. The van der Waals surface area contributed by atoms with Gasteiger partial charge in [-0.1, -0.05) is 6.07 Å². The Balaban J connectivity index is 1.46. The fourth-order valence-electron chi connectivity index (χ4n) is 3.57. The van der Waals surface area contributed by atoms with Gasteiger partial charge in [0.1, 0.15) is 17.3 Å². The van der Waals surface area contributed by atoms with Crippen LogP contribution in [-0.2, 0) is 4.79 Å². The summed E-state index contributed by atoms with van der Waals surface area (Å²) < 4.78 is 0. The van der Waals surface area contributed by atoms with Gasteiger partial charge < -0.3 is 15.5 Å². The van der Waals surface area contributed by atoms with E-state index < -0.39 is 0 Å². The van der Waals surface area contributed by atoms with Crippen LogP contribution in [0.5, 0.6) is 0 Å². The van der Waals surface area contributed by atoms with Crippen molar-refractivity contribution >= 4 is 23.3 Å². The molecule has 1 saturated heterocycles. The van der Waals surface area contributed by atoms with E-state index in [0.29, 0.717) is 30.1 Å². The summed E-state index contributed by atoms with van der Waals surface area (Å²) in [5.74, 6) is 1.61. The number of rotatable bonds is 5. The largest absolute Gasteiger partial charge is 0.383 e. The number of ketones is 1. The van der Waals surface area contributed by atoms with Crippen LogP contribution in [0.4, 0.5) is 11.6 Å². The molecule has 1 saturated carbocycles. The maximum absolute atomic E-state index is 12.8. The number of carbonyl (C=O) groups excluding carboxylic acids is 2. The van der Waals surface area contributed by atoms with E-state index in [2.05, 4.69) is 14.9 Å². The molecule has 7 heteroatoms. The van der Waals surface area contributed by atoms with E-state index in [1.165, 1.54) is 12.8 Å². The highest BCUT2D eigenvalue weighted by Gasteiger charge is 2.28. The van der Waals surface area contributed by atoms with Gasteiger partial charge in [0.2, 0.25) is 11.7 Å². The highest BCUT2D eigenvalue weighted by Crippen LogP contribution is 2.33. The zero-order valence-electron chi connectivity index (χ0n) is 15.9. The highest BCUT2D eigenvalue weighted by molar-refractivity contribution is 6.10. The average molecular weight is 379 g/mol. The van der Waals surface area contributed by atoms with Crippen LogP contribution in [0, 0.1) is 5.92 Å². The number of aromatic nitrogens is 2. The minimum atomic E-state index is -0.233. The van der Waals surface area contributed by atoms with Crippen LogP contribution in [-0.4, -0.2) is 52.7 Å². The predicted molar refractivity (Wildman–Crippen MR) is 107 cm³/mol. The minimum absolute atomic E-state index is 0.208. The van der Waals surface area contributed by atoms with Crippen LogP contribution >= 0.6 is 0 Å². The van der Waals surface area contributed by atoms with Gasteiger partial charge in [0.15, 0.2) is 0 Å². The summed E-state index contributed by atoms with van der Waals surface area (Å²) in [6, 6.07) is 8.79. The number of amides is 1. The van der Waals surface area contributed by atoms with Gasteiger partial charge >= 0.3 is 0 Å². The lowest BCUT2D eigenvalue weighted by molar-refractivity contribution is -0.131. The molecule has 1 amide bonds. The van der Waals surface area contributed by atoms with Crippen molar-refractivity contribution in [3.8, 4) is 0 Å². The van der Waals surface area contributed by atoms with Gasteiger partial charge in [-0.2, -0.15) is 0 Å². The maximum atomic E-state index is 12.8. The first kappa shape index (κ1) is 18.4. The Morgan fingerprint density at radius 1 is 1.07 bits per heavy atom. The number of nitrogen functional groups attached to an aromatic ring is 1. The highest BCUT2D eigenvalue weighted by atomic mass is 16.2. The van der Waals surface area contributed by atoms with Crippen LogP contribution in [0.25, 0.3) is 0 Å². The molecule has 2 aromatic heterocycles. The fraction of sp³-hybridized carbons (Fsp3) is 0.429. The van der Waals surface area contributed by atoms with E-state index >= 15 is 0 Å². The number of hydrogen-bond acceptors (Lipinski definition) is 6. The van der Waals surface area contributed by atoms with Crippen molar-refractivity contribution in [2.45, 2.75) is 25.7 Å². The lowest BCUT2D eigenvalue weighted by atomic mass is 10.1. The van der Waals surface area contributed by atoms with Crippen molar-refractivity contribution in [3.05, 3.63) is 47.8 Å². The summed E-state index contributed by atoms with van der Waals surface area (Å²) in [5, 5.41) is 0. The monoisotopic (exact) mass is 379 g/mol. The Bertz CT molecular complexity index is 881. The van der Waals surface area contributed by atoms with E-state index in [1.807, 2.05) is 17.0 Å². The lowest BCUT2D eigenvalue weighted by Crippen LogP contribution is -2.35. The molecule has 0 atom stereocenters. The molecule has 2 N–H and O–H groups in total. The minimum Gasteiger partial charge on any atom is -0.383 e. The van der Waals surface area contributed by atoms with Crippen molar-refractivity contribution in [3.63, 3.8) is 0 Å². The lowest BCUT2D eigenvalue weighted by Gasteiger charge is -2.23. The molecule has 146 valence electrons. The molecule has 28 heavy (non-hydrogen) atoms. The van der Waals surface area contributed by atoms with E-state index in [9.17, 15) is 9.59 Å². The Labute approximate surface area is 164 Å². The second-order valence-electron chi connectivity index (χ2n) is 7.52. The molecule has 0 radical (unpaired) electrons. The topological polar surface area (TPSA) is 92.4 Å². The standard InChI is InChI=1S/C21H25N5O2/c22-21-16(4-2-9-23-21)20(28)17-5-1-6-18(24-17)25-10-3-11-26(13-12-25)19(27)14-15-7-8-15/h1-2,4-6,9,15H,3,7-8,10-14H2,(H2,22,23). The summed E-state index contributed by atoms with van der Waals surface area (Å²) in [7, 11) is 0. The first-order valence-electron chi connectivity index (χ1n) is 9.87. The fourth-order valence-corrected chi connectivity index (χ4v) is 3.57. The Hall–Kier alpha value is -2.96. The third-order valence-electron chi connectivity index (χ3n) is 5.38. The Morgan fingerprint density at radius 3 is 2.71 bits per heavy atom. The van der Waals surface area contributed by atoms with Crippen LogP contribution in [0.3, 0.4) is 0 Å². The number of carbonyl (C=O) groups is 2. The quantitative estimate of drug-likeness (QED) is 0.800. The molecule has 0 unspecified atom stereocenters. The Morgan fingerprint density at radius 2 is 1.93 bits per heavy atom. The van der Waals surface area contributed by atoms with E-state index in [1.54, 1.807) is 24.4 Å². The molecule has 0 spiro atoms. The molecule has 1 aliphatic heterocycles. The molecule has 1 aliphatic carbocycles. The number of pyridine rings is 2. The summed E-state index contributed by atoms with van der Waals surface area (Å²) in [5.41, 5.74) is 6.55. The van der Waals surface area contributed by atoms with Crippen molar-refractivity contribution in [1.82, 2.24) is 14.9 Å². The third-order valence-corrected chi connectivity index (χ3v) is 5.38. The number of nitrogens with two attached hydrogens (primary N) is 1. The first-order chi connectivity index (χ1) is 13.6. The maximum Gasteiger partial charge on any atom is 0.222 e. The molecule has 2 fully saturated rings. The van der Waals surface area contributed by atoms with Gasteiger partial charge in [0.25, 0.3) is 0 Å². The number of nitrogens with zero attached hydrogens (tertiary/aromatic N) is 4. The second-order valence-corrected chi connectivity index (χ2v) is 7.52. The zero-order chi connectivity index (χ0) is 19.5. The summed E-state index contributed by atoms with van der Waals surface area (Å²) in [4.78, 5) is 37.8. The van der Waals surface area contributed by atoms with Crippen LogP contribution in [0.15, 0.2) is 36.5 Å². The first-order valence-corrected chi connectivity index (χ1v) is 9.87. The average Bonchev–Trinajstić information content (AvgIpc) is 3.54. The van der Waals surface area contributed by atoms with Crippen LogP contribution < -0.4 is 10.6 Å². The van der Waals surface area contributed by atoms with Gasteiger partial charge in [0, 0.05) is 38.8 Å². The normalized spacial score (nSPS) is 17.3. The summed E-state index contributed by atoms with van der Waals surface area (Å²) in [6.45, 7) is 3.01. The van der Waals surface area contributed by atoms with Gasteiger partial charge in [-0.3, -0.25) is 9.59 Å². The molecule has 3 heterocycles. The van der Waals surface area contributed by atoms with Crippen LogP contribution in [0.2, 0.25) is 0 Å². The van der Waals surface area contributed by atoms with E-state index in [-0.39, 0.29) is 17.5 Å². The number of anilines is 2. The zero-order valence-corrected chi connectivity index (χ0v) is 15.9. The van der Waals surface area contributed by atoms with Crippen molar-refractivity contribution in [2.24, 2.45) is 5.92 Å². The van der Waals surface area contributed by atoms with Crippen LogP contribution in [0.1, 0.15) is 41.7 Å². The van der Waals surface area contributed by atoms with E-state index in [0.717, 1.165) is 31.9 Å². The Kier molecular flexibility index (Phi) is 5.23. The summed E-state index contributed by atoms with van der Waals surface area (Å²) >= 11 is 0. The second kappa shape index (κ2) is 7.96. The van der Waals surface area contributed by atoms with E-state index in [4.69, 9.17) is 5.73 Å². The molecule has 0 bridgehead atoms. The molecule has 2 aliphatic rings. The van der Waals surface area contributed by atoms with Gasteiger partial charge in [-0.05, 0) is 49.4 Å². The summed E-state index contributed by atoms with van der Waals surface area (Å²) in [6.07, 6.45) is 5.53. The van der Waals surface area contributed by atoms with Crippen molar-refractivity contribution in [1.29, 1.82) is 0 Å². The number of hydrogen-bond donors (Lipinski definition) is 1. The SMILES string of the molecule is Nc1ncccc1C(=O)c1cccc(N2CCCN(C(=O)CC3CC3)CC2)n1. The smallest absolute Gasteiger partial charge is 0.222 e. The predicted octanol–water partition coefficient (Wildman–Crippen LogP) is 2.13. The molecule has 7 nitrogen and oxygen atoms in total. The van der Waals surface area contributed by atoms with Gasteiger partial charge in [-0.15, -0.1) is 0 Å². The van der Waals surface area contributed by atoms with Gasteiger partial charge in [-0.25, -0.2) is 9.97 Å². The van der Waals surface area contributed by atoms with Gasteiger partial charge in [0.05, 0.1) is 5.56 Å². The van der Waals surface area contributed by atoms with Crippen molar-refractivity contribution in [2.75, 3.05) is 36.8 Å². The third kappa shape index (κ3) is 4.13. The molecule has 0 aromatic carbocycles. The van der Waals surface area contributed by atoms with Crippen molar-refractivity contribution < 1.29 is 9.59 Å². The molecule has 4 rings (SSSR count). The molecule has 2 aromatic rings. The molecular formula is C21H25N5O2.